The molecule has 2 rings (SSSR count). The predicted molar refractivity (Wildman–Crippen MR) is 63.7 cm³/mol. The van der Waals surface area contributed by atoms with Crippen molar-refractivity contribution in [2.75, 3.05) is 6.61 Å². The number of rotatable bonds is 3. The van der Waals surface area contributed by atoms with Crippen molar-refractivity contribution in [2.24, 2.45) is 5.41 Å². The summed E-state index contributed by atoms with van der Waals surface area (Å²) in [5.74, 6) is -1.99. The van der Waals surface area contributed by atoms with Crippen LogP contribution in [0.1, 0.15) is 30.4 Å². The van der Waals surface area contributed by atoms with Crippen LogP contribution < -0.4 is 0 Å². The fraction of sp³-hybridized carbons (Fsp3) is 0.500. The second-order valence-electron chi connectivity index (χ2n) is 4.86. The molecule has 0 radical (unpaired) electrons. The lowest BCUT2D eigenvalue weighted by molar-refractivity contribution is -0.207. The van der Waals surface area contributed by atoms with Crippen LogP contribution in [0.4, 0.5) is 13.2 Å². The van der Waals surface area contributed by atoms with E-state index in [1.165, 1.54) is 6.92 Å². The molecular formula is C14H15F3O2. The van der Waals surface area contributed by atoms with Crippen molar-refractivity contribution in [3.8, 4) is 0 Å². The van der Waals surface area contributed by atoms with Crippen LogP contribution in [0.2, 0.25) is 0 Å². The average Bonchev–Trinajstić information content (AvgIpc) is 3.06. The van der Waals surface area contributed by atoms with Crippen molar-refractivity contribution in [3.63, 3.8) is 0 Å². The van der Waals surface area contributed by atoms with Gasteiger partial charge in [0.25, 0.3) is 0 Å². The summed E-state index contributed by atoms with van der Waals surface area (Å²) in [6.45, 7) is 3.32. The SMILES string of the molecule is CCOC(=O)[C@]1(C(F)(F)F)C[C@H]1c1ccc(C)cc1. The van der Waals surface area contributed by atoms with Crippen LogP contribution in [0.5, 0.6) is 0 Å². The summed E-state index contributed by atoms with van der Waals surface area (Å²) in [7, 11) is 0. The Kier molecular flexibility index (Phi) is 3.32. The molecule has 0 saturated heterocycles. The Labute approximate surface area is 109 Å². The molecule has 1 aliphatic rings. The third kappa shape index (κ3) is 2.22. The Bertz CT molecular complexity index is 478. The first-order chi connectivity index (χ1) is 8.83. The molecule has 2 atom stereocenters. The number of hydrogen-bond acceptors (Lipinski definition) is 2. The average molecular weight is 272 g/mol. The van der Waals surface area contributed by atoms with E-state index in [9.17, 15) is 18.0 Å². The molecular weight excluding hydrogens is 257 g/mol. The monoisotopic (exact) mass is 272 g/mol. The van der Waals surface area contributed by atoms with Crippen molar-refractivity contribution in [2.45, 2.75) is 32.4 Å². The van der Waals surface area contributed by atoms with E-state index in [0.29, 0.717) is 5.56 Å². The summed E-state index contributed by atoms with van der Waals surface area (Å²) >= 11 is 0. The molecule has 0 aliphatic heterocycles. The molecule has 19 heavy (non-hydrogen) atoms. The number of carbonyl (C=O) groups excluding carboxylic acids is 1. The van der Waals surface area contributed by atoms with Gasteiger partial charge in [-0.25, -0.2) is 0 Å². The number of aryl methyl sites for hydroxylation is 1. The van der Waals surface area contributed by atoms with Crippen molar-refractivity contribution < 1.29 is 22.7 Å². The molecule has 1 saturated carbocycles. The summed E-state index contributed by atoms with van der Waals surface area (Å²) < 4.78 is 44.2. The van der Waals surface area contributed by atoms with Gasteiger partial charge in [0, 0.05) is 5.92 Å². The molecule has 0 spiro atoms. The van der Waals surface area contributed by atoms with Gasteiger partial charge in [0.2, 0.25) is 0 Å². The van der Waals surface area contributed by atoms with Gasteiger partial charge in [-0.15, -0.1) is 0 Å². The molecule has 1 aromatic rings. The Balaban J connectivity index is 2.30. The van der Waals surface area contributed by atoms with Gasteiger partial charge in [-0.3, -0.25) is 4.79 Å². The van der Waals surface area contributed by atoms with E-state index in [1.807, 2.05) is 6.92 Å². The first-order valence-electron chi connectivity index (χ1n) is 6.13. The summed E-state index contributed by atoms with van der Waals surface area (Å²) in [5, 5.41) is 0. The summed E-state index contributed by atoms with van der Waals surface area (Å²) in [5.41, 5.74) is -0.840. The third-order valence-electron chi connectivity index (χ3n) is 3.59. The molecule has 1 aromatic carbocycles. The Hall–Kier alpha value is -1.52. The van der Waals surface area contributed by atoms with Gasteiger partial charge in [0.1, 0.15) is 0 Å². The smallest absolute Gasteiger partial charge is 0.405 e. The highest BCUT2D eigenvalue weighted by atomic mass is 19.4. The fourth-order valence-corrected chi connectivity index (χ4v) is 2.38. The standard InChI is InChI=1S/C14H15F3O2/c1-3-19-12(18)13(14(15,16)17)8-11(13)10-6-4-9(2)5-7-10/h4-7,11H,3,8H2,1-2H3/t11-,13-/m0/s1. The molecule has 0 N–H and O–H groups in total. The minimum atomic E-state index is -4.57. The van der Waals surface area contributed by atoms with E-state index in [-0.39, 0.29) is 13.0 Å². The second kappa shape index (κ2) is 4.54. The topological polar surface area (TPSA) is 26.3 Å². The minimum absolute atomic E-state index is 0.0444. The molecule has 0 unspecified atom stereocenters. The molecule has 2 nitrogen and oxygen atoms in total. The normalized spacial score (nSPS) is 26.1. The predicted octanol–water partition coefficient (Wildman–Crippen LogP) is 3.59. The zero-order valence-corrected chi connectivity index (χ0v) is 10.8. The van der Waals surface area contributed by atoms with Gasteiger partial charge in [-0.1, -0.05) is 29.8 Å². The van der Waals surface area contributed by atoms with E-state index >= 15 is 0 Å². The van der Waals surface area contributed by atoms with Crippen LogP contribution in [0.25, 0.3) is 0 Å². The lowest BCUT2D eigenvalue weighted by Crippen LogP contribution is -2.35. The van der Waals surface area contributed by atoms with Gasteiger partial charge in [0.15, 0.2) is 5.41 Å². The van der Waals surface area contributed by atoms with Gasteiger partial charge in [0.05, 0.1) is 6.61 Å². The first-order valence-corrected chi connectivity index (χ1v) is 6.13. The summed E-state index contributed by atoms with van der Waals surface area (Å²) in [6.07, 6.45) is -4.80. The second-order valence-corrected chi connectivity index (χ2v) is 4.86. The molecule has 0 amide bonds. The van der Waals surface area contributed by atoms with Gasteiger partial charge in [-0.2, -0.15) is 13.2 Å². The Morgan fingerprint density at radius 1 is 1.37 bits per heavy atom. The molecule has 1 fully saturated rings. The van der Waals surface area contributed by atoms with E-state index in [1.54, 1.807) is 24.3 Å². The molecule has 104 valence electrons. The van der Waals surface area contributed by atoms with Crippen molar-refractivity contribution in [1.82, 2.24) is 0 Å². The highest BCUT2D eigenvalue weighted by molar-refractivity contribution is 5.83. The van der Waals surface area contributed by atoms with Crippen LogP contribution in [-0.2, 0) is 9.53 Å². The van der Waals surface area contributed by atoms with Crippen LogP contribution in [0.15, 0.2) is 24.3 Å². The maximum Gasteiger partial charge on any atom is 0.405 e. The first kappa shape index (κ1) is 13.9. The summed E-state index contributed by atoms with van der Waals surface area (Å²) in [4.78, 5) is 11.7. The molecule has 1 aliphatic carbocycles. The Morgan fingerprint density at radius 2 is 1.95 bits per heavy atom. The van der Waals surface area contributed by atoms with Gasteiger partial charge in [-0.05, 0) is 25.8 Å². The summed E-state index contributed by atoms with van der Waals surface area (Å²) in [6, 6.07) is 6.79. The maximum absolute atomic E-state index is 13.2. The van der Waals surface area contributed by atoms with Gasteiger partial charge < -0.3 is 4.74 Å². The van der Waals surface area contributed by atoms with E-state index in [2.05, 4.69) is 4.74 Å². The van der Waals surface area contributed by atoms with Crippen LogP contribution in [-0.4, -0.2) is 18.8 Å². The number of benzene rings is 1. The lowest BCUT2D eigenvalue weighted by Gasteiger charge is -2.19. The number of halogens is 3. The molecule has 0 heterocycles. The quantitative estimate of drug-likeness (QED) is 0.786. The number of carbonyl (C=O) groups is 1. The largest absolute Gasteiger partial charge is 0.465 e. The Morgan fingerprint density at radius 3 is 2.42 bits per heavy atom. The zero-order valence-electron chi connectivity index (χ0n) is 10.8. The third-order valence-corrected chi connectivity index (χ3v) is 3.59. The number of esters is 1. The lowest BCUT2D eigenvalue weighted by atomic mass is 9.98. The molecule has 5 heteroatoms. The van der Waals surface area contributed by atoms with Crippen LogP contribution in [0, 0.1) is 12.3 Å². The van der Waals surface area contributed by atoms with E-state index in [4.69, 9.17) is 0 Å². The van der Waals surface area contributed by atoms with Crippen LogP contribution in [0.3, 0.4) is 0 Å². The van der Waals surface area contributed by atoms with E-state index in [0.717, 1.165) is 5.56 Å². The highest BCUT2D eigenvalue weighted by Gasteiger charge is 2.76. The van der Waals surface area contributed by atoms with Gasteiger partial charge >= 0.3 is 12.1 Å². The minimum Gasteiger partial charge on any atom is -0.465 e. The van der Waals surface area contributed by atoms with Crippen molar-refractivity contribution in [1.29, 1.82) is 0 Å². The van der Waals surface area contributed by atoms with Crippen molar-refractivity contribution in [3.05, 3.63) is 35.4 Å². The number of hydrogen-bond donors (Lipinski definition) is 0. The fourth-order valence-electron chi connectivity index (χ4n) is 2.38. The number of alkyl halides is 3. The highest BCUT2D eigenvalue weighted by Crippen LogP contribution is 2.68. The van der Waals surface area contributed by atoms with Crippen LogP contribution >= 0.6 is 0 Å². The van der Waals surface area contributed by atoms with E-state index < -0.39 is 23.5 Å². The molecule has 0 bridgehead atoms. The zero-order chi connectivity index (χ0) is 14.3. The van der Waals surface area contributed by atoms with Crippen molar-refractivity contribution >= 4 is 5.97 Å². The molecule has 0 aromatic heterocycles. The number of ether oxygens (including phenoxy) is 1. The maximum atomic E-state index is 13.2.